The molecule has 1 heterocycles. The minimum Gasteiger partial charge on any atom is -0.258 e. The fourth-order valence-electron chi connectivity index (χ4n) is 3.72. The summed E-state index contributed by atoms with van der Waals surface area (Å²) in [4.78, 5) is 20.2. The van der Waals surface area contributed by atoms with E-state index in [1.54, 1.807) is 24.3 Å². The highest BCUT2D eigenvalue weighted by Gasteiger charge is 2.29. The van der Waals surface area contributed by atoms with Gasteiger partial charge in [0, 0.05) is 48.5 Å². The van der Waals surface area contributed by atoms with Crippen molar-refractivity contribution in [3.63, 3.8) is 0 Å². The van der Waals surface area contributed by atoms with Crippen LogP contribution in [0.3, 0.4) is 0 Å². The molecule has 12 nitrogen and oxygen atoms in total. The Morgan fingerprint density at radius 3 is 1.27 bits per heavy atom. The Kier molecular flexibility index (Phi) is 8.27. The van der Waals surface area contributed by atoms with Crippen molar-refractivity contribution in [2.75, 3.05) is 26.2 Å². The molecule has 0 amide bonds. The molecule has 0 aromatic heterocycles. The van der Waals surface area contributed by atoms with Crippen LogP contribution in [0.4, 0.5) is 11.4 Å². The average molecular weight is 581 g/mol. The smallest absolute Gasteiger partial charge is 0.258 e. The molecule has 0 saturated carbocycles. The molecule has 1 aliphatic rings. The van der Waals surface area contributed by atoms with Crippen LogP contribution in [0.1, 0.15) is 11.1 Å². The zero-order valence-electron chi connectivity index (χ0n) is 20.6. The third-order valence-corrected chi connectivity index (χ3v) is 9.57. The van der Waals surface area contributed by atoms with Crippen molar-refractivity contribution in [3.05, 3.63) is 104 Å². The quantitative estimate of drug-likeness (QED) is 0.244. The molecular weight excluding hydrogens is 560 g/mol. The molecule has 204 valence electrons. The fraction of sp³-hybridized carbons (Fsp3) is 0.154. The molecule has 0 bridgehead atoms. The number of nitro groups is 2. The monoisotopic (exact) mass is 580 g/mol. The summed E-state index contributed by atoms with van der Waals surface area (Å²) >= 11 is 0. The highest BCUT2D eigenvalue weighted by Crippen LogP contribution is 2.22. The number of non-ortho nitro benzene ring substituents is 2. The van der Waals surface area contributed by atoms with Crippen LogP contribution in [-0.4, -0.2) is 61.5 Å². The van der Waals surface area contributed by atoms with Gasteiger partial charge in [-0.25, -0.2) is 16.8 Å². The van der Waals surface area contributed by atoms with Gasteiger partial charge >= 0.3 is 0 Å². The first kappa shape index (κ1) is 28.4. The molecule has 3 aromatic carbocycles. The van der Waals surface area contributed by atoms with E-state index in [1.165, 1.54) is 0 Å². The fourth-order valence-corrected chi connectivity index (χ4v) is 6.39. The maximum Gasteiger partial charge on any atom is 0.269 e. The van der Waals surface area contributed by atoms with Gasteiger partial charge in [-0.3, -0.25) is 20.2 Å². The zero-order chi connectivity index (χ0) is 28.9. The van der Waals surface area contributed by atoms with Crippen LogP contribution < -0.4 is 0 Å². The van der Waals surface area contributed by atoms with E-state index in [1.807, 2.05) is 0 Å². The van der Waals surface area contributed by atoms with Crippen molar-refractivity contribution in [1.29, 1.82) is 0 Å². The van der Waals surface area contributed by atoms with Crippen molar-refractivity contribution in [2.45, 2.75) is 9.79 Å². The van der Waals surface area contributed by atoms with E-state index in [4.69, 9.17) is 0 Å². The Balaban J connectivity index is 1.74. The van der Waals surface area contributed by atoms with E-state index in [-0.39, 0.29) is 47.3 Å². The topological polar surface area (TPSA) is 161 Å². The lowest BCUT2D eigenvalue weighted by Crippen LogP contribution is -2.41. The normalized spacial score (nSPS) is 14.7. The molecule has 0 unspecified atom stereocenters. The van der Waals surface area contributed by atoms with Crippen molar-refractivity contribution >= 4 is 31.4 Å². The summed E-state index contributed by atoms with van der Waals surface area (Å²) in [6, 6.07) is 15.5. The van der Waals surface area contributed by atoms with Crippen LogP contribution in [-0.2, 0) is 20.0 Å². The molecule has 0 saturated heterocycles. The maximum atomic E-state index is 13.5. The first-order chi connectivity index (χ1) is 19.0. The third-order valence-electron chi connectivity index (χ3n) is 5.85. The van der Waals surface area contributed by atoms with Crippen molar-refractivity contribution in [1.82, 2.24) is 8.61 Å². The van der Waals surface area contributed by atoms with E-state index < -0.39 is 29.9 Å². The summed E-state index contributed by atoms with van der Waals surface area (Å²) in [6.07, 6.45) is 0. The van der Waals surface area contributed by atoms with Crippen LogP contribution >= 0.6 is 0 Å². The Labute approximate surface area is 230 Å². The lowest BCUT2D eigenvalue weighted by molar-refractivity contribution is -0.385. The van der Waals surface area contributed by atoms with Crippen LogP contribution in [0.15, 0.2) is 82.6 Å². The molecule has 1 aliphatic heterocycles. The Morgan fingerprint density at radius 2 is 0.950 bits per heavy atom. The highest BCUT2D eigenvalue weighted by molar-refractivity contribution is 7.89. The van der Waals surface area contributed by atoms with Crippen LogP contribution in [0.25, 0.3) is 0 Å². The van der Waals surface area contributed by atoms with Gasteiger partial charge < -0.3 is 0 Å². The number of nitrogens with zero attached hydrogens (tertiary/aromatic N) is 4. The summed E-state index contributed by atoms with van der Waals surface area (Å²) < 4.78 is 55.9. The molecule has 40 heavy (non-hydrogen) atoms. The predicted molar refractivity (Wildman–Crippen MR) is 144 cm³/mol. The Bertz CT molecular complexity index is 1670. The van der Waals surface area contributed by atoms with Gasteiger partial charge in [0.25, 0.3) is 11.4 Å². The summed E-state index contributed by atoms with van der Waals surface area (Å²) in [7, 11) is -8.49. The first-order valence-corrected chi connectivity index (χ1v) is 14.4. The van der Waals surface area contributed by atoms with Gasteiger partial charge in [-0.05, 0) is 36.4 Å². The summed E-state index contributed by atoms with van der Waals surface area (Å²) in [6.45, 7) is -1.23. The number of rotatable bonds is 6. The molecule has 14 heteroatoms. The second kappa shape index (κ2) is 11.6. The SMILES string of the molecule is O=[N+]([O-])c1ccc(S(=O)(=O)N2CC#Cc3ccccc3C#CCN(S(=O)(=O)c3ccc([N+](=O)[O-])cc3)CC2)cc1. The van der Waals surface area contributed by atoms with Gasteiger partial charge in [-0.1, -0.05) is 35.8 Å². The molecule has 3 aromatic rings. The first-order valence-electron chi connectivity index (χ1n) is 11.6. The number of sulfonamides is 2. The number of benzene rings is 3. The molecule has 0 fully saturated rings. The molecule has 4 rings (SSSR count). The summed E-state index contributed by atoms with van der Waals surface area (Å²) in [5.41, 5.74) is 0.465. The molecule has 0 spiro atoms. The van der Waals surface area contributed by atoms with Gasteiger partial charge in [0.2, 0.25) is 20.0 Å². The summed E-state index contributed by atoms with van der Waals surface area (Å²) in [5, 5.41) is 22.0. The second-order valence-corrected chi connectivity index (χ2v) is 12.2. The van der Waals surface area contributed by atoms with E-state index >= 15 is 0 Å². The van der Waals surface area contributed by atoms with E-state index in [9.17, 15) is 37.1 Å². The van der Waals surface area contributed by atoms with Gasteiger partial charge in [-0.15, -0.1) is 0 Å². The molecule has 0 aliphatic carbocycles. The van der Waals surface area contributed by atoms with E-state index in [0.717, 1.165) is 57.1 Å². The summed E-state index contributed by atoms with van der Waals surface area (Å²) in [5.74, 6) is 11.4. The lowest BCUT2D eigenvalue weighted by Gasteiger charge is -2.25. The molecule has 0 atom stereocenters. The van der Waals surface area contributed by atoms with Crippen molar-refractivity contribution in [3.8, 4) is 23.7 Å². The zero-order valence-corrected chi connectivity index (χ0v) is 22.3. The maximum absolute atomic E-state index is 13.5. The third kappa shape index (κ3) is 6.17. The molecular formula is C26H20N4O8S2. The van der Waals surface area contributed by atoms with Crippen molar-refractivity contribution in [2.24, 2.45) is 0 Å². The van der Waals surface area contributed by atoms with Crippen molar-refractivity contribution < 1.29 is 26.7 Å². The number of hydrogen-bond donors (Lipinski definition) is 0. The molecule has 0 N–H and O–H groups in total. The minimum absolute atomic E-state index is 0.225. The van der Waals surface area contributed by atoms with Crippen LogP contribution in [0, 0.1) is 43.9 Å². The molecule has 0 radical (unpaired) electrons. The standard InChI is InChI=1S/C26H20N4O8S2/c31-29(32)23-9-13-25(14-10-23)39(35,36)27-17-3-7-21-5-1-2-6-22(21)8-4-18-28(20-19-27)40(37,38)26-15-11-24(12-16-26)30(33)34/h1-2,5-6,9-16H,17-20H2. The number of fused-ring (bicyclic) bond motifs is 1. The predicted octanol–water partition coefficient (Wildman–Crippen LogP) is 2.60. The van der Waals surface area contributed by atoms with Gasteiger partial charge in [0.05, 0.1) is 32.7 Å². The highest BCUT2D eigenvalue weighted by atomic mass is 32.2. The largest absolute Gasteiger partial charge is 0.269 e. The van der Waals surface area contributed by atoms with Crippen LogP contribution in [0.5, 0.6) is 0 Å². The Hall–Kier alpha value is -4.60. The number of nitro benzene ring substituents is 2. The number of hydrogen-bond acceptors (Lipinski definition) is 8. The van der Waals surface area contributed by atoms with Gasteiger partial charge in [-0.2, -0.15) is 8.61 Å². The second-order valence-electron chi connectivity index (χ2n) is 8.33. The van der Waals surface area contributed by atoms with E-state index in [2.05, 4.69) is 23.7 Å². The Morgan fingerprint density at radius 1 is 0.600 bits per heavy atom. The minimum atomic E-state index is -4.24. The lowest BCUT2D eigenvalue weighted by atomic mass is 10.1. The van der Waals surface area contributed by atoms with Crippen LogP contribution in [0.2, 0.25) is 0 Å². The average Bonchev–Trinajstić information content (AvgIpc) is 2.93. The van der Waals surface area contributed by atoms with Gasteiger partial charge in [0.15, 0.2) is 0 Å². The van der Waals surface area contributed by atoms with Gasteiger partial charge in [0.1, 0.15) is 0 Å². The van der Waals surface area contributed by atoms with E-state index in [0.29, 0.717) is 11.1 Å².